The van der Waals surface area contributed by atoms with Gasteiger partial charge in [0, 0.05) is 30.6 Å². The number of hydrogen-bond acceptors (Lipinski definition) is 5. The van der Waals surface area contributed by atoms with Gasteiger partial charge in [0.1, 0.15) is 11.4 Å². The molecule has 0 aliphatic heterocycles. The number of carbonyl (C=O) groups excluding carboxylic acids is 2. The van der Waals surface area contributed by atoms with E-state index < -0.39 is 5.60 Å². The first kappa shape index (κ1) is 24.5. The lowest BCUT2D eigenvalue weighted by Crippen LogP contribution is -2.38. The van der Waals surface area contributed by atoms with Crippen molar-refractivity contribution in [2.24, 2.45) is 5.92 Å². The molecule has 3 aromatic rings. The summed E-state index contributed by atoms with van der Waals surface area (Å²) in [6, 6.07) is 17.0. The first-order valence-corrected chi connectivity index (χ1v) is 12.0. The van der Waals surface area contributed by atoms with Crippen LogP contribution in [-0.4, -0.2) is 29.1 Å². The van der Waals surface area contributed by atoms with Crippen LogP contribution < -0.4 is 15.0 Å². The Labute approximate surface area is 206 Å². The summed E-state index contributed by atoms with van der Waals surface area (Å²) in [4.78, 5) is 30.4. The summed E-state index contributed by atoms with van der Waals surface area (Å²) < 4.78 is 11.6. The quantitative estimate of drug-likeness (QED) is 0.429. The summed E-state index contributed by atoms with van der Waals surface area (Å²) in [5, 5.41) is 3.86. The Morgan fingerprint density at radius 2 is 1.80 bits per heavy atom. The van der Waals surface area contributed by atoms with E-state index in [2.05, 4.69) is 10.3 Å². The number of rotatable bonds is 7. The average molecular weight is 476 g/mol. The number of nitrogens with one attached hydrogen (secondary N) is 1. The zero-order valence-electron chi connectivity index (χ0n) is 21.0. The van der Waals surface area contributed by atoms with Crippen LogP contribution in [0.15, 0.2) is 54.6 Å². The summed E-state index contributed by atoms with van der Waals surface area (Å²) in [7, 11) is 0. The zero-order valence-corrected chi connectivity index (χ0v) is 21.0. The number of benzene rings is 2. The van der Waals surface area contributed by atoms with Gasteiger partial charge >= 0.3 is 6.09 Å². The molecule has 2 aromatic carbocycles. The van der Waals surface area contributed by atoms with Gasteiger partial charge in [0.2, 0.25) is 11.8 Å². The molecule has 1 aliphatic carbocycles. The van der Waals surface area contributed by atoms with E-state index in [1.54, 1.807) is 4.90 Å². The van der Waals surface area contributed by atoms with E-state index in [4.69, 9.17) is 9.47 Å². The summed E-state index contributed by atoms with van der Waals surface area (Å²) in [5.41, 5.74) is 2.05. The van der Waals surface area contributed by atoms with Gasteiger partial charge in [0.05, 0.1) is 11.6 Å². The molecule has 0 radical (unpaired) electrons. The topological polar surface area (TPSA) is 80.8 Å². The molecule has 1 aliphatic rings. The zero-order chi connectivity index (χ0) is 25.2. The predicted octanol–water partition coefficient (Wildman–Crippen LogP) is 6.38. The molecule has 35 heavy (non-hydrogen) atoms. The Hall–Kier alpha value is -3.61. The summed E-state index contributed by atoms with van der Waals surface area (Å²) in [5.74, 6) is 1.58. The van der Waals surface area contributed by atoms with E-state index in [0.29, 0.717) is 24.1 Å². The Morgan fingerprint density at radius 3 is 2.43 bits per heavy atom. The third-order valence-corrected chi connectivity index (χ3v) is 5.73. The molecule has 1 unspecified atom stereocenters. The number of aromatic nitrogens is 1. The van der Waals surface area contributed by atoms with Crippen molar-refractivity contribution in [1.29, 1.82) is 0 Å². The fraction of sp³-hybridized carbons (Fsp3) is 0.393. The minimum Gasteiger partial charge on any atom is -0.443 e. The van der Waals surface area contributed by atoms with E-state index in [0.717, 1.165) is 35.0 Å². The monoisotopic (exact) mass is 475 g/mol. The largest absolute Gasteiger partial charge is 0.443 e. The lowest BCUT2D eigenvalue weighted by molar-refractivity contribution is -0.119. The molecular weight excluding hydrogens is 442 g/mol. The normalized spacial score (nSPS) is 14.3. The second kappa shape index (κ2) is 9.94. The van der Waals surface area contributed by atoms with Crippen LogP contribution >= 0.6 is 0 Å². The Morgan fingerprint density at radius 1 is 1.09 bits per heavy atom. The molecule has 184 valence electrons. The van der Waals surface area contributed by atoms with Crippen LogP contribution in [0.25, 0.3) is 10.9 Å². The molecular formula is C28H33N3O4. The number of carbonyl (C=O) groups is 2. The second-order valence-corrected chi connectivity index (χ2v) is 10.2. The molecule has 1 N–H and O–H groups in total. The minimum absolute atomic E-state index is 0.0627. The van der Waals surface area contributed by atoms with Gasteiger partial charge < -0.3 is 14.8 Å². The summed E-state index contributed by atoms with van der Waals surface area (Å²) in [6.07, 6.45) is 1.95. The highest BCUT2D eigenvalue weighted by atomic mass is 16.6. The van der Waals surface area contributed by atoms with Crippen LogP contribution in [0.1, 0.15) is 59.1 Å². The fourth-order valence-electron chi connectivity index (χ4n) is 3.82. The van der Waals surface area contributed by atoms with Crippen LogP contribution in [0, 0.1) is 5.92 Å². The highest BCUT2D eigenvalue weighted by Crippen LogP contribution is 2.33. The smallest absolute Gasteiger partial charge is 0.414 e. The molecule has 2 amide bonds. The van der Waals surface area contributed by atoms with Crippen LogP contribution in [0.3, 0.4) is 0 Å². The number of amides is 2. The second-order valence-electron chi connectivity index (χ2n) is 10.2. The van der Waals surface area contributed by atoms with Gasteiger partial charge in [-0.25, -0.2) is 9.78 Å². The predicted molar refractivity (Wildman–Crippen MR) is 137 cm³/mol. The molecule has 0 spiro atoms. The standard InChI is InChI=1S/C28H33N3O4/c1-18(29-19(2)32)21-8-14-25-22(16-21)9-15-26(30-25)34-24-12-10-23(11-13-24)31(17-20-6-7-20)27(33)35-28(3,4)5/h8-16,18,20H,6-7,17H2,1-5H3,(H,29,32). The van der Waals surface area contributed by atoms with Crippen LogP contribution in [0.5, 0.6) is 11.6 Å². The van der Waals surface area contributed by atoms with Gasteiger partial charge in [-0.05, 0) is 94.5 Å². The van der Waals surface area contributed by atoms with Crippen molar-refractivity contribution in [1.82, 2.24) is 10.3 Å². The highest BCUT2D eigenvalue weighted by Gasteiger charge is 2.30. The van der Waals surface area contributed by atoms with Crippen molar-refractivity contribution in [2.45, 2.75) is 59.1 Å². The van der Waals surface area contributed by atoms with Crippen molar-refractivity contribution in [3.63, 3.8) is 0 Å². The molecule has 1 atom stereocenters. The fourth-order valence-corrected chi connectivity index (χ4v) is 3.82. The molecule has 0 saturated heterocycles. The molecule has 1 saturated carbocycles. The van der Waals surface area contributed by atoms with Gasteiger partial charge in [-0.15, -0.1) is 0 Å². The lowest BCUT2D eigenvalue weighted by Gasteiger charge is -2.27. The third-order valence-electron chi connectivity index (χ3n) is 5.73. The maximum absolute atomic E-state index is 12.8. The van der Waals surface area contributed by atoms with E-state index in [1.165, 1.54) is 6.92 Å². The highest BCUT2D eigenvalue weighted by molar-refractivity contribution is 5.88. The average Bonchev–Trinajstić information content (AvgIpc) is 3.60. The molecule has 1 fully saturated rings. The molecule has 0 bridgehead atoms. The van der Waals surface area contributed by atoms with Crippen molar-refractivity contribution in [3.05, 3.63) is 60.2 Å². The van der Waals surface area contributed by atoms with Gasteiger partial charge in [-0.3, -0.25) is 9.69 Å². The molecule has 7 nitrogen and oxygen atoms in total. The molecule has 4 rings (SSSR count). The van der Waals surface area contributed by atoms with Crippen molar-refractivity contribution >= 4 is 28.6 Å². The SMILES string of the molecule is CC(=O)NC(C)c1ccc2nc(Oc3ccc(N(CC4CC4)C(=O)OC(C)(C)C)cc3)ccc2c1. The van der Waals surface area contributed by atoms with Gasteiger partial charge in [0.25, 0.3) is 0 Å². The van der Waals surface area contributed by atoms with Gasteiger partial charge in [-0.1, -0.05) is 6.07 Å². The minimum atomic E-state index is -0.549. The van der Waals surface area contributed by atoms with E-state index in [9.17, 15) is 9.59 Å². The Kier molecular flexibility index (Phi) is 6.96. The number of anilines is 1. The van der Waals surface area contributed by atoms with Crippen LogP contribution in [0.4, 0.5) is 10.5 Å². The van der Waals surface area contributed by atoms with E-state index in [-0.39, 0.29) is 18.0 Å². The number of ether oxygens (including phenoxy) is 2. The maximum atomic E-state index is 12.8. The third kappa shape index (κ3) is 6.72. The van der Waals surface area contributed by atoms with Crippen molar-refractivity contribution in [2.75, 3.05) is 11.4 Å². The summed E-state index contributed by atoms with van der Waals surface area (Å²) in [6.45, 7) is 9.74. The number of pyridine rings is 1. The maximum Gasteiger partial charge on any atom is 0.414 e. The number of hydrogen-bond donors (Lipinski definition) is 1. The lowest BCUT2D eigenvalue weighted by atomic mass is 10.1. The van der Waals surface area contributed by atoms with Crippen molar-refractivity contribution < 1.29 is 19.1 Å². The number of fused-ring (bicyclic) bond motifs is 1. The molecule has 1 heterocycles. The molecule has 7 heteroatoms. The van der Waals surface area contributed by atoms with Crippen LogP contribution in [0.2, 0.25) is 0 Å². The van der Waals surface area contributed by atoms with E-state index >= 15 is 0 Å². The van der Waals surface area contributed by atoms with Gasteiger partial charge in [0.15, 0.2) is 0 Å². The Balaban J connectivity index is 1.47. The number of nitrogens with zero attached hydrogens (tertiary/aromatic N) is 2. The first-order valence-electron chi connectivity index (χ1n) is 12.0. The van der Waals surface area contributed by atoms with Crippen molar-refractivity contribution in [3.8, 4) is 11.6 Å². The Bertz CT molecular complexity index is 1210. The first-order chi connectivity index (χ1) is 16.6. The van der Waals surface area contributed by atoms with E-state index in [1.807, 2.05) is 82.3 Å². The van der Waals surface area contributed by atoms with Gasteiger partial charge in [-0.2, -0.15) is 0 Å². The summed E-state index contributed by atoms with van der Waals surface area (Å²) >= 11 is 0. The van der Waals surface area contributed by atoms with Crippen LogP contribution in [-0.2, 0) is 9.53 Å². The molecule has 1 aromatic heterocycles.